The van der Waals surface area contributed by atoms with Crippen LogP contribution in [0.25, 0.3) is 10.9 Å². The van der Waals surface area contributed by atoms with Crippen LogP contribution in [0.1, 0.15) is 32.7 Å². The lowest BCUT2D eigenvalue weighted by molar-refractivity contribution is 0.0685. The minimum absolute atomic E-state index is 0.348. The molecule has 31 heavy (non-hydrogen) atoms. The van der Waals surface area contributed by atoms with Crippen LogP contribution in [0, 0.1) is 6.92 Å². The molecule has 0 amide bonds. The van der Waals surface area contributed by atoms with Crippen LogP contribution in [0.2, 0.25) is 5.02 Å². The van der Waals surface area contributed by atoms with Crippen LogP contribution >= 0.6 is 11.6 Å². The fourth-order valence-corrected chi connectivity index (χ4v) is 4.06. The summed E-state index contributed by atoms with van der Waals surface area (Å²) in [5, 5.41) is 15.2. The van der Waals surface area contributed by atoms with Crippen molar-refractivity contribution < 1.29 is 9.90 Å². The van der Waals surface area contributed by atoms with E-state index in [2.05, 4.69) is 29.6 Å². The van der Waals surface area contributed by atoms with Crippen molar-refractivity contribution >= 4 is 28.5 Å². The predicted octanol–water partition coefficient (Wildman–Crippen LogP) is 5.68. The number of aromatic carboxylic acids is 1. The molecule has 0 aliphatic rings. The van der Waals surface area contributed by atoms with Gasteiger partial charge in [-0.1, -0.05) is 71.8 Å². The van der Waals surface area contributed by atoms with E-state index in [-0.39, 0.29) is 0 Å². The van der Waals surface area contributed by atoms with Gasteiger partial charge in [-0.2, -0.15) is 0 Å². The Morgan fingerprint density at radius 2 is 1.65 bits per heavy atom. The van der Waals surface area contributed by atoms with Gasteiger partial charge < -0.3 is 15.0 Å². The molecule has 0 saturated heterocycles. The second-order valence-electron chi connectivity index (χ2n) is 7.77. The van der Waals surface area contributed by atoms with Gasteiger partial charge in [0.05, 0.1) is 0 Å². The fraction of sp³-hybridized carbons (Fsp3) is 0.192. The molecule has 158 valence electrons. The second-order valence-corrected chi connectivity index (χ2v) is 8.21. The number of nitrogens with one attached hydrogen (secondary N) is 1. The van der Waals surface area contributed by atoms with E-state index in [1.54, 1.807) is 0 Å². The van der Waals surface area contributed by atoms with E-state index in [9.17, 15) is 9.90 Å². The van der Waals surface area contributed by atoms with E-state index in [0.717, 1.165) is 40.0 Å². The third kappa shape index (κ3) is 4.82. The van der Waals surface area contributed by atoms with Crippen molar-refractivity contribution in [2.75, 3.05) is 6.54 Å². The highest BCUT2D eigenvalue weighted by atomic mass is 35.5. The molecule has 3 aromatic carbocycles. The summed E-state index contributed by atoms with van der Waals surface area (Å²) in [6.45, 7) is 3.81. The lowest BCUT2D eigenvalue weighted by atomic mass is 10.1. The van der Waals surface area contributed by atoms with Gasteiger partial charge in [-0.3, -0.25) is 0 Å². The molecule has 0 aliphatic carbocycles. The molecule has 0 spiro atoms. The average Bonchev–Trinajstić information content (AvgIpc) is 3.08. The zero-order valence-electron chi connectivity index (χ0n) is 17.4. The standard InChI is InChI=1S/C26H25ClN2O2/c1-18-6-8-20(9-7-18)17-29-24-5-3-2-4-22(24)23(25(29)26(30)31)16-28-15-14-19-10-12-21(27)13-11-19/h2-13,28H,14-17H2,1H3,(H,30,31). The summed E-state index contributed by atoms with van der Waals surface area (Å²) in [5.74, 6) is -0.905. The van der Waals surface area contributed by atoms with Crippen LogP contribution in [0.4, 0.5) is 0 Å². The van der Waals surface area contributed by atoms with E-state index in [0.29, 0.717) is 18.8 Å². The fourth-order valence-electron chi connectivity index (χ4n) is 3.94. The van der Waals surface area contributed by atoms with Gasteiger partial charge >= 0.3 is 5.97 Å². The van der Waals surface area contributed by atoms with Crippen molar-refractivity contribution in [2.45, 2.75) is 26.4 Å². The Bertz CT molecular complexity index is 1190. The number of carbonyl (C=O) groups is 1. The molecule has 0 atom stereocenters. The summed E-state index contributed by atoms with van der Waals surface area (Å²) in [4.78, 5) is 12.3. The molecule has 1 heterocycles. The molecule has 0 aliphatic heterocycles. The molecule has 4 nitrogen and oxygen atoms in total. The molecule has 4 aromatic rings. The third-order valence-corrected chi connectivity index (χ3v) is 5.80. The van der Waals surface area contributed by atoms with Crippen LogP contribution in [0.15, 0.2) is 72.8 Å². The molecule has 0 fully saturated rings. The Balaban J connectivity index is 1.59. The molecule has 0 saturated carbocycles. The Hall–Kier alpha value is -3.08. The zero-order valence-corrected chi connectivity index (χ0v) is 18.2. The summed E-state index contributed by atoms with van der Waals surface area (Å²) < 4.78 is 1.92. The van der Waals surface area contributed by atoms with Gasteiger partial charge in [0.2, 0.25) is 0 Å². The van der Waals surface area contributed by atoms with Crippen molar-refractivity contribution in [2.24, 2.45) is 0 Å². The first-order chi connectivity index (χ1) is 15.0. The van der Waals surface area contributed by atoms with E-state index in [4.69, 9.17) is 11.6 Å². The summed E-state index contributed by atoms with van der Waals surface area (Å²) in [6, 6.07) is 23.9. The molecule has 4 rings (SSSR count). The number of fused-ring (bicyclic) bond motifs is 1. The number of benzene rings is 3. The molecular weight excluding hydrogens is 408 g/mol. The number of carboxylic acids is 1. The van der Waals surface area contributed by atoms with Crippen LogP contribution < -0.4 is 5.32 Å². The maximum Gasteiger partial charge on any atom is 0.352 e. The molecule has 1 aromatic heterocycles. The van der Waals surface area contributed by atoms with E-state index in [1.807, 2.05) is 60.0 Å². The van der Waals surface area contributed by atoms with Crippen molar-refractivity contribution in [1.82, 2.24) is 9.88 Å². The highest BCUT2D eigenvalue weighted by molar-refractivity contribution is 6.30. The first-order valence-corrected chi connectivity index (χ1v) is 10.7. The predicted molar refractivity (Wildman–Crippen MR) is 126 cm³/mol. The molecule has 0 unspecified atom stereocenters. The van der Waals surface area contributed by atoms with Crippen LogP contribution in [-0.4, -0.2) is 22.2 Å². The van der Waals surface area contributed by atoms with Crippen molar-refractivity contribution in [3.8, 4) is 0 Å². The Morgan fingerprint density at radius 3 is 2.35 bits per heavy atom. The van der Waals surface area contributed by atoms with Gasteiger partial charge in [0.25, 0.3) is 0 Å². The zero-order chi connectivity index (χ0) is 21.8. The van der Waals surface area contributed by atoms with Crippen molar-refractivity contribution in [3.63, 3.8) is 0 Å². The first kappa shape index (κ1) is 21.2. The lowest BCUT2D eigenvalue weighted by Gasteiger charge is -2.10. The molecule has 0 bridgehead atoms. The molecule has 0 radical (unpaired) electrons. The van der Waals surface area contributed by atoms with Gasteiger partial charge in [-0.05, 0) is 49.2 Å². The van der Waals surface area contributed by atoms with E-state index >= 15 is 0 Å². The normalized spacial score (nSPS) is 11.2. The summed E-state index contributed by atoms with van der Waals surface area (Å²) >= 11 is 5.95. The minimum Gasteiger partial charge on any atom is -0.477 e. The maximum atomic E-state index is 12.3. The molecule has 2 N–H and O–H groups in total. The Labute approximate surface area is 187 Å². The van der Waals surface area contributed by atoms with Crippen LogP contribution in [-0.2, 0) is 19.5 Å². The number of aryl methyl sites for hydroxylation is 1. The Morgan fingerprint density at radius 1 is 0.968 bits per heavy atom. The molecule has 5 heteroatoms. The number of halogens is 1. The Kier molecular flexibility index (Phi) is 6.40. The number of para-hydroxylation sites is 1. The van der Waals surface area contributed by atoms with Gasteiger partial charge in [0.15, 0.2) is 0 Å². The van der Waals surface area contributed by atoms with E-state index in [1.165, 1.54) is 11.1 Å². The number of rotatable bonds is 8. The average molecular weight is 433 g/mol. The SMILES string of the molecule is Cc1ccc(Cn2c(C(=O)O)c(CNCCc3ccc(Cl)cc3)c3ccccc32)cc1. The number of hydrogen-bond acceptors (Lipinski definition) is 2. The van der Waals surface area contributed by atoms with Gasteiger partial charge in [0, 0.05) is 34.6 Å². The highest BCUT2D eigenvalue weighted by Gasteiger charge is 2.22. The van der Waals surface area contributed by atoms with Crippen molar-refractivity contribution in [1.29, 1.82) is 0 Å². The largest absolute Gasteiger partial charge is 0.477 e. The number of aromatic nitrogens is 1. The quantitative estimate of drug-likeness (QED) is 0.352. The lowest BCUT2D eigenvalue weighted by Crippen LogP contribution is -2.19. The summed E-state index contributed by atoms with van der Waals surface area (Å²) in [6.07, 6.45) is 0.849. The topological polar surface area (TPSA) is 54.3 Å². The van der Waals surface area contributed by atoms with E-state index < -0.39 is 5.97 Å². The first-order valence-electron chi connectivity index (χ1n) is 10.4. The number of carboxylic acid groups (broad SMARTS) is 1. The summed E-state index contributed by atoms with van der Waals surface area (Å²) in [5.41, 5.74) is 5.57. The van der Waals surface area contributed by atoms with Gasteiger partial charge in [0.1, 0.15) is 5.69 Å². The molecular formula is C26H25ClN2O2. The van der Waals surface area contributed by atoms with Gasteiger partial charge in [-0.15, -0.1) is 0 Å². The monoisotopic (exact) mass is 432 g/mol. The third-order valence-electron chi connectivity index (χ3n) is 5.55. The van der Waals surface area contributed by atoms with Crippen LogP contribution in [0.5, 0.6) is 0 Å². The maximum absolute atomic E-state index is 12.3. The summed E-state index contributed by atoms with van der Waals surface area (Å²) in [7, 11) is 0. The van der Waals surface area contributed by atoms with Gasteiger partial charge in [-0.25, -0.2) is 4.79 Å². The highest BCUT2D eigenvalue weighted by Crippen LogP contribution is 2.27. The smallest absolute Gasteiger partial charge is 0.352 e. The van der Waals surface area contributed by atoms with Crippen molar-refractivity contribution in [3.05, 3.63) is 106 Å². The second kappa shape index (κ2) is 9.38. The minimum atomic E-state index is -0.905. The number of nitrogens with zero attached hydrogens (tertiary/aromatic N) is 1. The number of hydrogen-bond donors (Lipinski definition) is 2. The van der Waals surface area contributed by atoms with Crippen LogP contribution in [0.3, 0.4) is 0 Å².